The van der Waals surface area contributed by atoms with Gasteiger partial charge in [0.25, 0.3) is 0 Å². The first-order chi connectivity index (χ1) is 15.3. The molecule has 2 N–H and O–H groups in total. The first kappa shape index (κ1) is 24.5. The largest absolute Gasteiger partial charge is 0.357 e. The Kier molecular flexibility index (Phi) is 9.83. The summed E-state index contributed by atoms with van der Waals surface area (Å²) in [5, 5.41) is 17.0. The predicted molar refractivity (Wildman–Crippen MR) is 142 cm³/mol. The van der Waals surface area contributed by atoms with Crippen LogP contribution in [0.5, 0.6) is 0 Å². The first-order valence-corrected chi connectivity index (χ1v) is 11.8. The fourth-order valence-electron chi connectivity index (χ4n) is 4.29. The highest BCUT2D eigenvalue weighted by Gasteiger charge is 2.14. The summed E-state index contributed by atoms with van der Waals surface area (Å²) in [4.78, 5) is 4.76. The van der Waals surface area contributed by atoms with Gasteiger partial charge in [-0.05, 0) is 50.1 Å². The van der Waals surface area contributed by atoms with Gasteiger partial charge in [0, 0.05) is 57.3 Å². The lowest BCUT2D eigenvalue weighted by atomic mass is 10.2. The number of halogens is 1. The summed E-state index contributed by atoms with van der Waals surface area (Å²) < 4.78 is 4.66. The molecule has 32 heavy (non-hydrogen) atoms. The molecule has 1 aliphatic heterocycles. The second kappa shape index (κ2) is 12.8. The lowest BCUT2D eigenvalue weighted by molar-refractivity contribution is 0.593. The number of nitrogens with zero attached hydrogens (tertiary/aromatic N) is 5. The molecule has 174 valence electrons. The highest BCUT2D eigenvalue weighted by atomic mass is 127. The van der Waals surface area contributed by atoms with E-state index in [2.05, 4.69) is 73.4 Å². The van der Waals surface area contributed by atoms with E-state index in [1.54, 1.807) is 0 Å². The van der Waals surface area contributed by atoms with Crippen LogP contribution in [0.15, 0.2) is 41.5 Å². The summed E-state index contributed by atoms with van der Waals surface area (Å²) in [6.45, 7) is 6.72. The van der Waals surface area contributed by atoms with Crippen molar-refractivity contribution in [2.75, 3.05) is 19.6 Å². The van der Waals surface area contributed by atoms with Crippen molar-refractivity contribution in [3.8, 4) is 0 Å². The normalized spacial score (nSPS) is 14.0. The van der Waals surface area contributed by atoms with Gasteiger partial charge in [-0.15, -0.1) is 34.2 Å². The fourth-order valence-corrected chi connectivity index (χ4v) is 4.29. The molecule has 1 aromatic carbocycles. The van der Waals surface area contributed by atoms with Crippen molar-refractivity contribution < 1.29 is 0 Å². The molecule has 0 aliphatic carbocycles. The second-order valence-electron chi connectivity index (χ2n) is 8.21. The molecule has 3 aromatic rings. The Labute approximate surface area is 208 Å². The highest BCUT2D eigenvalue weighted by Crippen LogP contribution is 2.16. The van der Waals surface area contributed by atoms with Crippen molar-refractivity contribution in [2.45, 2.75) is 65.0 Å². The molecule has 0 atom stereocenters. The molecule has 2 aromatic heterocycles. The molecule has 0 unspecified atom stereocenters. The summed E-state index contributed by atoms with van der Waals surface area (Å²) in [6, 6.07) is 10.7. The minimum absolute atomic E-state index is 0. The molecule has 0 radical (unpaired) electrons. The zero-order valence-electron chi connectivity index (χ0n) is 19.1. The highest BCUT2D eigenvalue weighted by molar-refractivity contribution is 14.0. The third-order valence-electron chi connectivity index (χ3n) is 5.91. The van der Waals surface area contributed by atoms with Crippen LogP contribution in [0, 0.1) is 0 Å². The number of hydrogen-bond donors (Lipinski definition) is 2. The SMILES string of the molecule is CCNC(=NCCCn1ccc2ccccc21)NCCCc1nnc2n1CCCCC2.I. The molecule has 7 nitrogen and oxygen atoms in total. The van der Waals surface area contributed by atoms with E-state index in [0.29, 0.717) is 0 Å². The Balaban J connectivity index is 0.00000289. The van der Waals surface area contributed by atoms with E-state index in [1.807, 2.05) is 0 Å². The molecule has 0 fully saturated rings. The van der Waals surface area contributed by atoms with Gasteiger partial charge in [0.05, 0.1) is 0 Å². The van der Waals surface area contributed by atoms with Crippen LogP contribution < -0.4 is 10.6 Å². The number of hydrogen-bond acceptors (Lipinski definition) is 3. The average Bonchev–Trinajstić information content (AvgIpc) is 3.30. The van der Waals surface area contributed by atoms with E-state index in [-0.39, 0.29) is 24.0 Å². The van der Waals surface area contributed by atoms with Gasteiger partial charge < -0.3 is 19.8 Å². The molecule has 0 saturated heterocycles. The predicted octanol–water partition coefficient (Wildman–Crippen LogP) is 4.16. The number of aliphatic imine (C=N–C) groups is 1. The van der Waals surface area contributed by atoms with E-state index in [1.165, 1.54) is 36.0 Å². The Morgan fingerprint density at radius 1 is 1.06 bits per heavy atom. The van der Waals surface area contributed by atoms with Gasteiger partial charge in [-0.1, -0.05) is 24.6 Å². The molecule has 0 saturated carbocycles. The summed E-state index contributed by atoms with van der Waals surface area (Å²) in [7, 11) is 0. The topological polar surface area (TPSA) is 72.1 Å². The maximum atomic E-state index is 4.76. The van der Waals surface area contributed by atoms with E-state index in [0.717, 1.165) is 70.2 Å². The summed E-state index contributed by atoms with van der Waals surface area (Å²) in [5.74, 6) is 3.21. The molecule has 0 bridgehead atoms. The Bertz CT molecular complexity index is 991. The zero-order chi connectivity index (χ0) is 21.3. The van der Waals surface area contributed by atoms with Crippen LogP contribution in [0.25, 0.3) is 10.9 Å². The van der Waals surface area contributed by atoms with E-state index < -0.39 is 0 Å². The van der Waals surface area contributed by atoms with Crippen LogP contribution in [0.4, 0.5) is 0 Å². The maximum Gasteiger partial charge on any atom is 0.191 e. The zero-order valence-corrected chi connectivity index (χ0v) is 21.4. The van der Waals surface area contributed by atoms with Crippen LogP contribution in [-0.4, -0.2) is 44.9 Å². The van der Waals surface area contributed by atoms with Crippen molar-refractivity contribution in [1.82, 2.24) is 30.0 Å². The van der Waals surface area contributed by atoms with Crippen molar-refractivity contribution in [3.05, 3.63) is 48.2 Å². The summed E-state index contributed by atoms with van der Waals surface area (Å²) in [5.41, 5.74) is 1.29. The van der Waals surface area contributed by atoms with Gasteiger partial charge in [0.2, 0.25) is 0 Å². The van der Waals surface area contributed by atoms with Gasteiger partial charge in [-0.25, -0.2) is 0 Å². The van der Waals surface area contributed by atoms with Crippen molar-refractivity contribution >= 4 is 40.8 Å². The molecule has 0 amide bonds. The number of aromatic nitrogens is 4. The Morgan fingerprint density at radius 2 is 1.97 bits per heavy atom. The number of nitrogens with one attached hydrogen (secondary N) is 2. The number of benzene rings is 1. The monoisotopic (exact) mass is 549 g/mol. The number of aryl methyl sites for hydroxylation is 3. The fraction of sp³-hybridized carbons (Fsp3) is 0.542. The molecule has 1 aliphatic rings. The van der Waals surface area contributed by atoms with Gasteiger partial charge in [-0.2, -0.15) is 0 Å². The minimum Gasteiger partial charge on any atom is -0.357 e. The lowest BCUT2D eigenvalue weighted by Crippen LogP contribution is -2.38. The molecule has 3 heterocycles. The van der Waals surface area contributed by atoms with E-state index >= 15 is 0 Å². The van der Waals surface area contributed by atoms with Gasteiger partial charge in [0.15, 0.2) is 5.96 Å². The van der Waals surface area contributed by atoms with Gasteiger partial charge in [0.1, 0.15) is 11.6 Å². The lowest BCUT2D eigenvalue weighted by Gasteiger charge is -2.12. The number of fused-ring (bicyclic) bond motifs is 2. The second-order valence-corrected chi connectivity index (χ2v) is 8.21. The van der Waals surface area contributed by atoms with Crippen molar-refractivity contribution in [2.24, 2.45) is 4.99 Å². The van der Waals surface area contributed by atoms with Crippen LogP contribution >= 0.6 is 24.0 Å². The van der Waals surface area contributed by atoms with Crippen molar-refractivity contribution in [3.63, 3.8) is 0 Å². The third-order valence-corrected chi connectivity index (χ3v) is 5.91. The average molecular weight is 550 g/mol. The smallest absolute Gasteiger partial charge is 0.191 e. The van der Waals surface area contributed by atoms with E-state index in [9.17, 15) is 0 Å². The van der Waals surface area contributed by atoms with Gasteiger partial charge in [-0.3, -0.25) is 4.99 Å². The van der Waals surface area contributed by atoms with Crippen LogP contribution in [0.2, 0.25) is 0 Å². The standard InChI is InChI=1S/C24H35N7.HI/c1-2-25-24(27-16-9-17-30-19-14-20-10-5-6-11-21(20)30)26-15-8-13-23-29-28-22-12-4-3-7-18-31(22)23;/h5-6,10-11,14,19H,2-4,7-9,12-13,15-18H2,1H3,(H2,25,26,27);1H. The minimum atomic E-state index is 0. The van der Waals surface area contributed by atoms with Crippen LogP contribution in [0.1, 0.15) is 50.7 Å². The molecule has 8 heteroatoms. The van der Waals surface area contributed by atoms with Gasteiger partial charge >= 0.3 is 0 Å². The maximum absolute atomic E-state index is 4.76. The first-order valence-electron chi connectivity index (χ1n) is 11.8. The Hall–Kier alpha value is -2.10. The quantitative estimate of drug-likeness (QED) is 0.182. The summed E-state index contributed by atoms with van der Waals surface area (Å²) in [6.07, 6.45) is 10.0. The van der Waals surface area contributed by atoms with Crippen molar-refractivity contribution in [1.29, 1.82) is 0 Å². The van der Waals surface area contributed by atoms with E-state index in [4.69, 9.17) is 4.99 Å². The summed E-state index contributed by atoms with van der Waals surface area (Å²) >= 11 is 0. The molecule has 4 rings (SSSR count). The third kappa shape index (κ3) is 6.46. The number of rotatable bonds is 9. The molecular formula is C24H36IN7. The van der Waals surface area contributed by atoms with Crippen LogP contribution in [0.3, 0.4) is 0 Å². The number of para-hydroxylation sites is 1. The number of guanidine groups is 1. The molecular weight excluding hydrogens is 513 g/mol. The Morgan fingerprint density at radius 3 is 2.88 bits per heavy atom. The molecule has 0 spiro atoms. The van der Waals surface area contributed by atoms with Crippen LogP contribution in [-0.2, 0) is 25.9 Å².